The average Bonchev–Trinajstić information content (AvgIpc) is 2.49. The Hall–Kier alpha value is -1.63. The van der Waals surface area contributed by atoms with Crippen LogP contribution in [0.5, 0.6) is 0 Å². The summed E-state index contributed by atoms with van der Waals surface area (Å²) in [7, 11) is 0. The minimum Gasteiger partial charge on any atom is -0.444 e. The first-order chi connectivity index (χ1) is 11.6. The topological polar surface area (TPSA) is 58.6 Å². The minimum absolute atomic E-state index is 0.0332. The van der Waals surface area contributed by atoms with Crippen molar-refractivity contribution < 1.29 is 18.7 Å². The van der Waals surface area contributed by atoms with Crippen LogP contribution in [0.3, 0.4) is 0 Å². The molecule has 138 valence electrons. The Labute approximate surface area is 156 Å². The number of likely N-dealkylation sites (tertiary alicyclic amines) is 1. The van der Waals surface area contributed by atoms with Gasteiger partial charge in [-0.25, -0.2) is 9.18 Å². The highest BCUT2D eigenvalue weighted by molar-refractivity contribution is 9.10. The van der Waals surface area contributed by atoms with Crippen molar-refractivity contribution >= 4 is 27.9 Å². The third kappa shape index (κ3) is 6.30. The van der Waals surface area contributed by atoms with Gasteiger partial charge in [0.25, 0.3) is 0 Å². The van der Waals surface area contributed by atoms with Crippen LogP contribution in [0.1, 0.15) is 39.2 Å². The molecule has 2 amide bonds. The summed E-state index contributed by atoms with van der Waals surface area (Å²) in [5.41, 5.74) is 0.199. The molecule has 25 heavy (non-hydrogen) atoms. The van der Waals surface area contributed by atoms with Crippen molar-refractivity contribution in [3.8, 4) is 0 Å². The van der Waals surface area contributed by atoms with E-state index >= 15 is 0 Å². The summed E-state index contributed by atoms with van der Waals surface area (Å²) < 4.78 is 18.9. The van der Waals surface area contributed by atoms with Crippen molar-refractivity contribution in [2.75, 3.05) is 13.1 Å². The molecule has 5 nitrogen and oxygen atoms in total. The van der Waals surface area contributed by atoms with Crippen LogP contribution in [0.25, 0.3) is 0 Å². The number of rotatable bonds is 3. The number of halogens is 2. The second-order valence-electron chi connectivity index (χ2n) is 7.25. The second kappa shape index (κ2) is 8.17. The van der Waals surface area contributed by atoms with Gasteiger partial charge in [-0.15, -0.1) is 0 Å². The van der Waals surface area contributed by atoms with Crippen LogP contribution in [0, 0.1) is 5.82 Å². The summed E-state index contributed by atoms with van der Waals surface area (Å²) in [6.45, 7) is 6.55. The quantitative estimate of drug-likeness (QED) is 0.820. The molecular weight excluding hydrogens is 391 g/mol. The number of carbonyl (C=O) groups excluding carboxylic acids is 2. The van der Waals surface area contributed by atoms with E-state index in [9.17, 15) is 14.0 Å². The molecule has 0 bridgehead atoms. The van der Waals surface area contributed by atoms with E-state index < -0.39 is 11.7 Å². The molecule has 1 fully saturated rings. The molecule has 0 aliphatic carbocycles. The monoisotopic (exact) mass is 414 g/mol. The van der Waals surface area contributed by atoms with Gasteiger partial charge in [0.15, 0.2) is 0 Å². The Morgan fingerprint density at radius 2 is 2.12 bits per heavy atom. The molecule has 1 aliphatic rings. The van der Waals surface area contributed by atoms with E-state index in [2.05, 4.69) is 21.2 Å². The summed E-state index contributed by atoms with van der Waals surface area (Å²) in [5.74, 6) is -0.384. The standard InChI is InChI=1S/C18H24BrFN2O3/c1-18(2,3)25-17(24)21-13-5-4-8-22(11-13)16(23)10-12-6-7-15(20)14(19)9-12/h6-7,9,13H,4-5,8,10-11H2,1-3H3,(H,21,24)/t13-/m1/s1. The van der Waals surface area contributed by atoms with Crippen molar-refractivity contribution in [2.45, 2.75) is 51.7 Å². The molecule has 2 rings (SSSR count). The number of piperidine rings is 1. The molecule has 7 heteroatoms. The average molecular weight is 415 g/mol. The van der Waals surface area contributed by atoms with Crippen LogP contribution < -0.4 is 5.32 Å². The Morgan fingerprint density at radius 3 is 2.76 bits per heavy atom. The Morgan fingerprint density at radius 1 is 1.40 bits per heavy atom. The van der Waals surface area contributed by atoms with Gasteiger partial charge in [0.2, 0.25) is 5.91 Å². The Balaban J connectivity index is 1.90. The fourth-order valence-electron chi connectivity index (χ4n) is 2.73. The van der Waals surface area contributed by atoms with Gasteiger partial charge in [-0.2, -0.15) is 0 Å². The lowest BCUT2D eigenvalue weighted by molar-refractivity contribution is -0.131. The molecule has 1 heterocycles. The fourth-order valence-corrected chi connectivity index (χ4v) is 3.16. The number of hydrogen-bond donors (Lipinski definition) is 1. The molecule has 1 N–H and O–H groups in total. The third-order valence-corrected chi connectivity index (χ3v) is 4.44. The minimum atomic E-state index is -0.551. The molecule has 0 aromatic heterocycles. The van der Waals surface area contributed by atoms with Gasteiger partial charge in [-0.3, -0.25) is 4.79 Å². The number of nitrogens with zero attached hydrogens (tertiary/aromatic N) is 1. The maximum Gasteiger partial charge on any atom is 0.407 e. The molecule has 0 saturated carbocycles. The summed E-state index contributed by atoms with van der Waals surface area (Å²) in [5, 5.41) is 2.83. The molecule has 0 spiro atoms. The first-order valence-corrected chi connectivity index (χ1v) is 9.14. The van der Waals surface area contributed by atoms with Crippen molar-refractivity contribution in [1.29, 1.82) is 0 Å². The Bertz CT molecular complexity index is 646. The van der Waals surface area contributed by atoms with Crippen LogP contribution >= 0.6 is 15.9 Å². The van der Waals surface area contributed by atoms with Crippen LogP contribution in [0.4, 0.5) is 9.18 Å². The molecule has 0 unspecified atom stereocenters. The third-order valence-electron chi connectivity index (χ3n) is 3.83. The van der Waals surface area contributed by atoms with Crippen molar-refractivity contribution in [3.05, 3.63) is 34.1 Å². The number of amides is 2. The van der Waals surface area contributed by atoms with Gasteiger partial charge in [0.05, 0.1) is 10.9 Å². The van der Waals surface area contributed by atoms with E-state index in [-0.39, 0.29) is 24.2 Å². The lowest BCUT2D eigenvalue weighted by atomic mass is 10.0. The molecule has 1 aliphatic heterocycles. The molecule has 1 saturated heterocycles. The number of alkyl carbamates (subject to hydrolysis) is 1. The van der Waals surface area contributed by atoms with Gasteiger partial charge < -0.3 is 15.0 Å². The van der Waals surface area contributed by atoms with Gasteiger partial charge >= 0.3 is 6.09 Å². The molecule has 0 radical (unpaired) electrons. The van der Waals surface area contributed by atoms with E-state index in [0.29, 0.717) is 17.6 Å². The predicted molar refractivity (Wildman–Crippen MR) is 96.8 cm³/mol. The highest BCUT2D eigenvalue weighted by Gasteiger charge is 2.26. The highest BCUT2D eigenvalue weighted by atomic mass is 79.9. The zero-order valence-electron chi connectivity index (χ0n) is 14.8. The van der Waals surface area contributed by atoms with Gasteiger partial charge in [0.1, 0.15) is 11.4 Å². The smallest absolute Gasteiger partial charge is 0.407 e. The van der Waals surface area contributed by atoms with Crippen LogP contribution in [0.2, 0.25) is 0 Å². The summed E-state index contributed by atoms with van der Waals surface area (Å²) >= 11 is 3.13. The number of nitrogens with one attached hydrogen (secondary N) is 1. The van der Waals surface area contributed by atoms with Gasteiger partial charge in [0, 0.05) is 19.1 Å². The fraction of sp³-hybridized carbons (Fsp3) is 0.556. The molecule has 1 aromatic carbocycles. The molecule has 1 aromatic rings. The highest BCUT2D eigenvalue weighted by Crippen LogP contribution is 2.19. The second-order valence-corrected chi connectivity index (χ2v) is 8.10. The first kappa shape index (κ1) is 19.7. The van der Waals surface area contributed by atoms with Gasteiger partial charge in [-0.1, -0.05) is 6.07 Å². The first-order valence-electron chi connectivity index (χ1n) is 8.35. The summed E-state index contributed by atoms with van der Waals surface area (Å²) in [6.07, 6.45) is 1.37. The van der Waals surface area contributed by atoms with E-state index in [0.717, 1.165) is 18.4 Å². The normalized spacial score (nSPS) is 18.0. The van der Waals surface area contributed by atoms with Crippen LogP contribution in [-0.2, 0) is 16.0 Å². The predicted octanol–water partition coefficient (Wildman–Crippen LogP) is 3.65. The van der Waals surface area contributed by atoms with Crippen molar-refractivity contribution in [2.24, 2.45) is 0 Å². The largest absolute Gasteiger partial charge is 0.444 e. The zero-order chi connectivity index (χ0) is 18.6. The maximum atomic E-state index is 13.3. The SMILES string of the molecule is CC(C)(C)OC(=O)N[C@@H]1CCCN(C(=O)Cc2ccc(F)c(Br)c2)C1. The van der Waals surface area contributed by atoms with Crippen molar-refractivity contribution in [1.82, 2.24) is 10.2 Å². The lowest BCUT2D eigenvalue weighted by Gasteiger charge is -2.33. The van der Waals surface area contributed by atoms with Crippen LogP contribution in [-0.4, -0.2) is 41.6 Å². The number of carbonyl (C=O) groups is 2. The number of hydrogen-bond acceptors (Lipinski definition) is 3. The molecule has 1 atom stereocenters. The summed E-state index contributed by atoms with van der Waals surface area (Å²) in [6, 6.07) is 4.45. The van der Waals surface area contributed by atoms with E-state index in [1.54, 1.807) is 17.0 Å². The van der Waals surface area contributed by atoms with E-state index in [4.69, 9.17) is 4.74 Å². The maximum absolute atomic E-state index is 13.3. The Kier molecular flexibility index (Phi) is 6.43. The molecular formula is C18H24BrFN2O3. The number of benzene rings is 1. The zero-order valence-corrected chi connectivity index (χ0v) is 16.4. The van der Waals surface area contributed by atoms with Crippen molar-refractivity contribution in [3.63, 3.8) is 0 Å². The van der Waals surface area contributed by atoms with E-state index in [1.165, 1.54) is 6.07 Å². The van der Waals surface area contributed by atoms with E-state index in [1.807, 2.05) is 20.8 Å². The number of ether oxygens (including phenoxy) is 1. The summed E-state index contributed by atoms with van der Waals surface area (Å²) in [4.78, 5) is 26.1. The lowest BCUT2D eigenvalue weighted by Crippen LogP contribution is -2.50. The van der Waals surface area contributed by atoms with Gasteiger partial charge in [-0.05, 0) is 67.2 Å². The van der Waals surface area contributed by atoms with Crippen LogP contribution in [0.15, 0.2) is 22.7 Å².